The molecular weight excluding hydrogens is 190 g/mol. The number of aromatic nitrogens is 2. The molecule has 15 heavy (non-hydrogen) atoms. The minimum absolute atomic E-state index is 0.0964. The highest BCUT2D eigenvalue weighted by atomic mass is 16.3. The predicted octanol–water partition coefficient (Wildman–Crippen LogP) is 1.41. The SMILES string of the molecule is CCc1nn(C)cc1NCC(C)(C)CO. The van der Waals surface area contributed by atoms with Gasteiger partial charge in [-0.1, -0.05) is 20.8 Å². The van der Waals surface area contributed by atoms with Crippen LogP contribution in [0, 0.1) is 5.41 Å². The highest BCUT2D eigenvalue weighted by molar-refractivity contribution is 5.46. The van der Waals surface area contributed by atoms with Crippen molar-refractivity contribution in [2.45, 2.75) is 27.2 Å². The van der Waals surface area contributed by atoms with Crippen molar-refractivity contribution in [3.63, 3.8) is 0 Å². The molecule has 0 aliphatic heterocycles. The summed E-state index contributed by atoms with van der Waals surface area (Å²) in [4.78, 5) is 0. The smallest absolute Gasteiger partial charge is 0.0853 e. The summed E-state index contributed by atoms with van der Waals surface area (Å²) < 4.78 is 1.81. The van der Waals surface area contributed by atoms with Crippen molar-refractivity contribution in [1.82, 2.24) is 9.78 Å². The molecule has 0 radical (unpaired) electrons. The molecule has 1 rings (SSSR count). The second kappa shape index (κ2) is 4.66. The fourth-order valence-electron chi connectivity index (χ4n) is 1.33. The second-order valence-corrected chi connectivity index (χ2v) is 4.69. The van der Waals surface area contributed by atoms with Gasteiger partial charge in [0.05, 0.1) is 11.4 Å². The molecule has 2 N–H and O–H groups in total. The van der Waals surface area contributed by atoms with Crippen LogP contribution in [0.1, 0.15) is 26.5 Å². The number of anilines is 1. The fraction of sp³-hybridized carbons (Fsp3) is 0.727. The Labute approximate surface area is 91.3 Å². The maximum Gasteiger partial charge on any atom is 0.0853 e. The number of rotatable bonds is 5. The van der Waals surface area contributed by atoms with Crippen molar-refractivity contribution in [3.8, 4) is 0 Å². The third-order valence-corrected chi connectivity index (χ3v) is 2.43. The number of aliphatic hydroxyl groups is 1. The van der Waals surface area contributed by atoms with Gasteiger partial charge in [-0.25, -0.2) is 0 Å². The molecule has 0 fully saturated rings. The molecule has 1 heterocycles. The Morgan fingerprint density at radius 1 is 1.53 bits per heavy atom. The first-order valence-corrected chi connectivity index (χ1v) is 5.36. The molecule has 0 atom stereocenters. The van der Waals surface area contributed by atoms with Crippen molar-refractivity contribution < 1.29 is 5.11 Å². The van der Waals surface area contributed by atoms with Gasteiger partial charge < -0.3 is 10.4 Å². The Kier molecular flexibility index (Phi) is 3.74. The Balaban J connectivity index is 2.64. The molecule has 0 aliphatic carbocycles. The van der Waals surface area contributed by atoms with E-state index in [1.807, 2.05) is 31.8 Å². The van der Waals surface area contributed by atoms with Crippen LogP contribution < -0.4 is 5.32 Å². The van der Waals surface area contributed by atoms with Crippen LogP contribution >= 0.6 is 0 Å². The third kappa shape index (κ3) is 3.23. The molecule has 0 saturated carbocycles. The fourth-order valence-corrected chi connectivity index (χ4v) is 1.33. The van der Waals surface area contributed by atoms with Crippen molar-refractivity contribution >= 4 is 5.69 Å². The van der Waals surface area contributed by atoms with Crippen molar-refractivity contribution in [2.24, 2.45) is 12.5 Å². The van der Waals surface area contributed by atoms with Crippen molar-refractivity contribution in [3.05, 3.63) is 11.9 Å². The summed E-state index contributed by atoms with van der Waals surface area (Å²) in [6.45, 7) is 7.08. The zero-order valence-corrected chi connectivity index (χ0v) is 10.0. The molecule has 1 aromatic heterocycles. The standard InChI is InChI=1S/C11H21N3O/c1-5-9-10(6-14(4)13-9)12-7-11(2,3)8-15/h6,12,15H,5,7-8H2,1-4H3. The lowest BCUT2D eigenvalue weighted by molar-refractivity contribution is 0.171. The zero-order chi connectivity index (χ0) is 11.5. The highest BCUT2D eigenvalue weighted by Gasteiger charge is 2.17. The predicted molar refractivity (Wildman–Crippen MR) is 61.9 cm³/mol. The summed E-state index contributed by atoms with van der Waals surface area (Å²) in [5, 5.41) is 16.8. The van der Waals surface area contributed by atoms with E-state index in [1.165, 1.54) is 0 Å². The van der Waals surface area contributed by atoms with Crippen LogP contribution in [0.4, 0.5) is 5.69 Å². The van der Waals surface area contributed by atoms with Gasteiger partial charge in [0.15, 0.2) is 0 Å². The topological polar surface area (TPSA) is 50.1 Å². The summed E-state index contributed by atoms with van der Waals surface area (Å²) in [6.07, 6.45) is 2.90. The summed E-state index contributed by atoms with van der Waals surface area (Å²) in [6, 6.07) is 0. The molecule has 0 bridgehead atoms. The summed E-state index contributed by atoms with van der Waals surface area (Å²) in [5.74, 6) is 0. The van der Waals surface area contributed by atoms with Crippen LogP contribution in [0.3, 0.4) is 0 Å². The monoisotopic (exact) mass is 211 g/mol. The van der Waals surface area contributed by atoms with Crippen molar-refractivity contribution in [2.75, 3.05) is 18.5 Å². The van der Waals surface area contributed by atoms with E-state index >= 15 is 0 Å². The molecule has 4 nitrogen and oxygen atoms in total. The number of nitrogens with zero attached hydrogens (tertiary/aromatic N) is 2. The molecule has 4 heteroatoms. The van der Waals surface area contributed by atoms with Crippen LogP contribution in [-0.2, 0) is 13.5 Å². The van der Waals surface area contributed by atoms with Crippen LogP contribution in [0.25, 0.3) is 0 Å². The lowest BCUT2D eigenvalue weighted by Crippen LogP contribution is -2.26. The summed E-state index contributed by atoms with van der Waals surface area (Å²) in [7, 11) is 1.92. The van der Waals surface area contributed by atoms with Gasteiger partial charge in [-0.05, 0) is 6.42 Å². The van der Waals surface area contributed by atoms with Crippen LogP contribution in [-0.4, -0.2) is 28.0 Å². The molecule has 0 spiro atoms. The molecule has 0 aliphatic rings. The van der Waals surface area contributed by atoms with E-state index in [9.17, 15) is 0 Å². The average molecular weight is 211 g/mol. The van der Waals surface area contributed by atoms with Gasteiger partial charge in [0.25, 0.3) is 0 Å². The normalized spacial score (nSPS) is 11.8. The minimum Gasteiger partial charge on any atom is -0.396 e. The van der Waals surface area contributed by atoms with E-state index in [0.29, 0.717) is 0 Å². The lowest BCUT2D eigenvalue weighted by atomic mass is 9.95. The maximum atomic E-state index is 9.14. The Hall–Kier alpha value is -1.03. The van der Waals surface area contributed by atoms with E-state index in [2.05, 4.69) is 17.3 Å². The number of nitrogens with one attached hydrogen (secondary N) is 1. The molecule has 0 amide bonds. The van der Waals surface area contributed by atoms with E-state index in [4.69, 9.17) is 5.11 Å². The molecular formula is C11H21N3O. The van der Waals surface area contributed by atoms with Crippen molar-refractivity contribution in [1.29, 1.82) is 0 Å². The van der Waals surface area contributed by atoms with Gasteiger partial charge in [-0.15, -0.1) is 0 Å². The van der Waals surface area contributed by atoms with Crippen LogP contribution in [0.5, 0.6) is 0 Å². The van der Waals surface area contributed by atoms with Crippen LogP contribution in [0.2, 0.25) is 0 Å². The van der Waals surface area contributed by atoms with E-state index in [-0.39, 0.29) is 12.0 Å². The molecule has 86 valence electrons. The van der Waals surface area contributed by atoms with E-state index in [0.717, 1.165) is 24.3 Å². The molecule has 1 aromatic rings. The maximum absolute atomic E-state index is 9.14. The highest BCUT2D eigenvalue weighted by Crippen LogP contribution is 2.18. The number of aliphatic hydroxyl groups excluding tert-OH is 1. The number of hydrogen-bond donors (Lipinski definition) is 2. The third-order valence-electron chi connectivity index (χ3n) is 2.43. The summed E-state index contributed by atoms with van der Waals surface area (Å²) >= 11 is 0. The van der Waals surface area contributed by atoms with Gasteiger partial charge in [0.1, 0.15) is 0 Å². The quantitative estimate of drug-likeness (QED) is 0.774. The second-order valence-electron chi connectivity index (χ2n) is 4.69. The van der Waals surface area contributed by atoms with Gasteiger partial charge >= 0.3 is 0 Å². The first-order chi connectivity index (χ1) is 6.98. The number of hydrogen-bond acceptors (Lipinski definition) is 3. The Bertz CT molecular complexity index is 318. The summed E-state index contributed by atoms with van der Waals surface area (Å²) in [5.41, 5.74) is 2.05. The van der Waals surface area contributed by atoms with Gasteiger partial charge in [-0.2, -0.15) is 5.10 Å². The van der Waals surface area contributed by atoms with Gasteiger partial charge in [0, 0.05) is 31.8 Å². The first-order valence-electron chi connectivity index (χ1n) is 5.36. The van der Waals surface area contributed by atoms with Gasteiger partial charge in [0.2, 0.25) is 0 Å². The lowest BCUT2D eigenvalue weighted by Gasteiger charge is -2.22. The van der Waals surface area contributed by atoms with E-state index < -0.39 is 0 Å². The molecule has 0 saturated heterocycles. The Morgan fingerprint density at radius 2 is 2.20 bits per heavy atom. The number of aryl methyl sites for hydroxylation is 2. The van der Waals surface area contributed by atoms with E-state index in [1.54, 1.807) is 0 Å². The van der Waals surface area contributed by atoms with Gasteiger partial charge in [-0.3, -0.25) is 4.68 Å². The minimum atomic E-state index is -0.0964. The molecule has 0 aromatic carbocycles. The largest absolute Gasteiger partial charge is 0.396 e. The first kappa shape index (κ1) is 12.0. The molecule has 0 unspecified atom stereocenters. The van der Waals surface area contributed by atoms with Crippen LogP contribution in [0.15, 0.2) is 6.20 Å². The average Bonchev–Trinajstić information content (AvgIpc) is 2.56. The zero-order valence-electron chi connectivity index (χ0n) is 10.0. The Morgan fingerprint density at radius 3 is 2.73 bits per heavy atom.